The number of benzene rings is 2. The molecular weight excluding hydrogens is 284 g/mol. The van der Waals surface area contributed by atoms with E-state index in [0.717, 1.165) is 24.2 Å². The summed E-state index contributed by atoms with van der Waals surface area (Å²) < 4.78 is 5.31. The Hall–Kier alpha value is -1.51. The zero-order valence-electron chi connectivity index (χ0n) is 12.5. The standard InChI is InChI=1S/C18H21ClO2/c1-13-5-3-4-6-14(13)7-9-17(20)12-15-11-16(19)8-10-18(15)21-2/h3-6,8,10-11,17,20H,7,9,12H2,1-2H3. The van der Waals surface area contributed by atoms with Gasteiger partial charge in [-0.3, -0.25) is 0 Å². The lowest BCUT2D eigenvalue weighted by molar-refractivity contribution is 0.164. The Morgan fingerprint density at radius 3 is 2.62 bits per heavy atom. The number of halogens is 1. The number of aliphatic hydroxyl groups is 1. The summed E-state index contributed by atoms with van der Waals surface area (Å²) >= 11 is 6.01. The molecule has 0 saturated heterocycles. The van der Waals surface area contributed by atoms with Gasteiger partial charge in [0, 0.05) is 11.4 Å². The summed E-state index contributed by atoms with van der Waals surface area (Å²) in [5.41, 5.74) is 3.50. The van der Waals surface area contributed by atoms with Crippen LogP contribution >= 0.6 is 11.6 Å². The molecule has 2 aromatic rings. The molecule has 112 valence electrons. The lowest BCUT2D eigenvalue weighted by Gasteiger charge is -2.14. The third kappa shape index (κ3) is 4.48. The number of aryl methyl sites for hydroxylation is 2. The van der Waals surface area contributed by atoms with E-state index in [4.69, 9.17) is 16.3 Å². The van der Waals surface area contributed by atoms with E-state index in [0.29, 0.717) is 11.4 Å². The SMILES string of the molecule is COc1ccc(Cl)cc1CC(O)CCc1ccccc1C. The van der Waals surface area contributed by atoms with E-state index in [1.807, 2.05) is 24.3 Å². The molecule has 0 aromatic heterocycles. The van der Waals surface area contributed by atoms with Gasteiger partial charge < -0.3 is 9.84 Å². The molecule has 0 bridgehead atoms. The van der Waals surface area contributed by atoms with Gasteiger partial charge in [0.05, 0.1) is 13.2 Å². The topological polar surface area (TPSA) is 29.5 Å². The normalized spacial score (nSPS) is 12.2. The molecule has 0 fully saturated rings. The smallest absolute Gasteiger partial charge is 0.122 e. The van der Waals surface area contributed by atoms with Crippen molar-refractivity contribution < 1.29 is 9.84 Å². The van der Waals surface area contributed by atoms with Crippen molar-refractivity contribution in [3.63, 3.8) is 0 Å². The Bertz CT molecular complexity index is 596. The third-order valence-corrected chi connectivity index (χ3v) is 3.94. The molecule has 1 unspecified atom stereocenters. The molecule has 0 heterocycles. The van der Waals surface area contributed by atoms with Crippen molar-refractivity contribution >= 4 is 11.6 Å². The summed E-state index contributed by atoms with van der Waals surface area (Å²) in [6.45, 7) is 2.10. The van der Waals surface area contributed by atoms with Crippen LogP contribution in [0.15, 0.2) is 42.5 Å². The fraction of sp³-hybridized carbons (Fsp3) is 0.333. The molecule has 0 amide bonds. The fourth-order valence-electron chi connectivity index (χ4n) is 2.48. The predicted molar refractivity (Wildman–Crippen MR) is 87.2 cm³/mol. The molecule has 2 nitrogen and oxygen atoms in total. The van der Waals surface area contributed by atoms with Crippen molar-refractivity contribution in [3.05, 3.63) is 64.2 Å². The number of rotatable bonds is 6. The average Bonchev–Trinajstić information content (AvgIpc) is 2.47. The molecule has 1 N–H and O–H groups in total. The van der Waals surface area contributed by atoms with E-state index in [1.54, 1.807) is 13.2 Å². The quantitative estimate of drug-likeness (QED) is 0.867. The Labute approximate surface area is 131 Å². The summed E-state index contributed by atoms with van der Waals surface area (Å²) in [7, 11) is 1.63. The van der Waals surface area contributed by atoms with Crippen molar-refractivity contribution in [2.45, 2.75) is 32.3 Å². The molecule has 2 rings (SSSR count). The van der Waals surface area contributed by atoms with Crippen LogP contribution in [0, 0.1) is 6.92 Å². The molecule has 0 radical (unpaired) electrons. The first-order valence-electron chi connectivity index (χ1n) is 7.15. The van der Waals surface area contributed by atoms with Gasteiger partial charge in [0.25, 0.3) is 0 Å². The maximum atomic E-state index is 10.3. The summed E-state index contributed by atoms with van der Waals surface area (Å²) in [6, 6.07) is 13.8. The highest BCUT2D eigenvalue weighted by Gasteiger charge is 2.11. The lowest BCUT2D eigenvalue weighted by Crippen LogP contribution is -2.12. The second-order valence-electron chi connectivity index (χ2n) is 5.28. The van der Waals surface area contributed by atoms with Crippen LogP contribution in [-0.4, -0.2) is 18.3 Å². The van der Waals surface area contributed by atoms with Crippen LogP contribution < -0.4 is 4.74 Å². The van der Waals surface area contributed by atoms with Crippen molar-refractivity contribution in [1.29, 1.82) is 0 Å². The van der Waals surface area contributed by atoms with Crippen LogP contribution in [0.2, 0.25) is 5.02 Å². The van der Waals surface area contributed by atoms with Crippen molar-refractivity contribution in [2.24, 2.45) is 0 Å². The first kappa shape index (κ1) is 15.9. The molecule has 3 heteroatoms. The van der Waals surface area contributed by atoms with Gasteiger partial charge in [-0.1, -0.05) is 35.9 Å². The van der Waals surface area contributed by atoms with Gasteiger partial charge in [0.15, 0.2) is 0 Å². The number of methoxy groups -OCH3 is 1. The van der Waals surface area contributed by atoms with E-state index in [9.17, 15) is 5.11 Å². The van der Waals surface area contributed by atoms with Gasteiger partial charge in [0.2, 0.25) is 0 Å². The van der Waals surface area contributed by atoms with Crippen LogP contribution in [0.4, 0.5) is 0 Å². The molecule has 0 saturated carbocycles. The maximum Gasteiger partial charge on any atom is 0.122 e. The minimum Gasteiger partial charge on any atom is -0.496 e. The highest BCUT2D eigenvalue weighted by molar-refractivity contribution is 6.30. The number of ether oxygens (including phenoxy) is 1. The average molecular weight is 305 g/mol. The van der Waals surface area contributed by atoms with Gasteiger partial charge in [-0.15, -0.1) is 0 Å². The van der Waals surface area contributed by atoms with E-state index in [-0.39, 0.29) is 0 Å². The molecule has 0 aliphatic heterocycles. The van der Waals surface area contributed by atoms with Crippen LogP contribution in [-0.2, 0) is 12.8 Å². The highest BCUT2D eigenvalue weighted by atomic mass is 35.5. The predicted octanol–water partition coefficient (Wildman–Crippen LogP) is 4.19. The summed E-state index contributed by atoms with van der Waals surface area (Å²) in [5.74, 6) is 0.773. The monoisotopic (exact) mass is 304 g/mol. The first-order chi connectivity index (χ1) is 10.1. The zero-order valence-corrected chi connectivity index (χ0v) is 13.2. The molecule has 0 aliphatic carbocycles. The van der Waals surface area contributed by atoms with Gasteiger partial charge in [-0.2, -0.15) is 0 Å². The van der Waals surface area contributed by atoms with Crippen LogP contribution in [0.5, 0.6) is 5.75 Å². The Morgan fingerprint density at radius 1 is 1.14 bits per heavy atom. The summed E-state index contributed by atoms with van der Waals surface area (Å²) in [6.07, 6.45) is 1.74. The Kier molecular flexibility index (Phi) is 5.66. The van der Waals surface area contributed by atoms with E-state index < -0.39 is 6.10 Å². The second-order valence-corrected chi connectivity index (χ2v) is 5.72. The molecular formula is C18H21ClO2. The number of hydrogen-bond donors (Lipinski definition) is 1. The highest BCUT2D eigenvalue weighted by Crippen LogP contribution is 2.24. The fourth-order valence-corrected chi connectivity index (χ4v) is 2.67. The molecule has 0 aliphatic rings. The minimum absolute atomic E-state index is 0.406. The zero-order chi connectivity index (χ0) is 15.2. The molecule has 0 spiro atoms. The number of hydrogen-bond acceptors (Lipinski definition) is 2. The number of aliphatic hydroxyl groups excluding tert-OH is 1. The van der Waals surface area contributed by atoms with E-state index >= 15 is 0 Å². The van der Waals surface area contributed by atoms with Gasteiger partial charge in [0.1, 0.15) is 5.75 Å². The van der Waals surface area contributed by atoms with Gasteiger partial charge in [-0.25, -0.2) is 0 Å². The molecule has 21 heavy (non-hydrogen) atoms. The van der Waals surface area contributed by atoms with E-state index in [1.165, 1.54) is 11.1 Å². The minimum atomic E-state index is -0.406. The van der Waals surface area contributed by atoms with Crippen molar-refractivity contribution in [2.75, 3.05) is 7.11 Å². The lowest BCUT2D eigenvalue weighted by atomic mass is 9.98. The van der Waals surface area contributed by atoms with Gasteiger partial charge in [-0.05, 0) is 54.7 Å². The van der Waals surface area contributed by atoms with Crippen molar-refractivity contribution in [3.8, 4) is 5.75 Å². The summed E-state index contributed by atoms with van der Waals surface area (Å²) in [5, 5.41) is 10.9. The van der Waals surface area contributed by atoms with Crippen LogP contribution in [0.1, 0.15) is 23.1 Å². The largest absolute Gasteiger partial charge is 0.496 e. The second kappa shape index (κ2) is 7.48. The Balaban J connectivity index is 1.97. The Morgan fingerprint density at radius 2 is 1.90 bits per heavy atom. The van der Waals surface area contributed by atoms with Crippen LogP contribution in [0.3, 0.4) is 0 Å². The molecule has 1 atom stereocenters. The van der Waals surface area contributed by atoms with E-state index in [2.05, 4.69) is 19.1 Å². The van der Waals surface area contributed by atoms with Crippen molar-refractivity contribution in [1.82, 2.24) is 0 Å². The summed E-state index contributed by atoms with van der Waals surface area (Å²) in [4.78, 5) is 0. The van der Waals surface area contributed by atoms with Gasteiger partial charge >= 0.3 is 0 Å². The molecule has 2 aromatic carbocycles. The maximum absolute atomic E-state index is 10.3. The third-order valence-electron chi connectivity index (χ3n) is 3.71. The first-order valence-corrected chi connectivity index (χ1v) is 7.53. The van der Waals surface area contributed by atoms with Crippen LogP contribution in [0.25, 0.3) is 0 Å².